The Kier molecular flexibility index (Phi) is 8.86. The van der Waals surface area contributed by atoms with E-state index in [9.17, 15) is 39.6 Å². The minimum Gasteiger partial charge on any atom is -0.511 e. The third-order valence-corrected chi connectivity index (χ3v) is 10.5. The van der Waals surface area contributed by atoms with Gasteiger partial charge in [-0.2, -0.15) is 0 Å². The van der Waals surface area contributed by atoms with E-state index < -0.39 is 56.8 Å². The number of phenolic OH excluding ortho intramolecular Hbond substituents is 1. The van der Waals surface area contributed by atoms with Gasteiger partial charge in [0.25, 0.3) is 0 Å². The lowest BCUT2D eigenvalue weighted by Gasteiger charge is -2.59. The third kappa shape index (κ3) is 4.84. The summed E-state index contributed by atoms with van der Waals surface area (Å²) in [4.78, 5) is 53.5. The van der Waals surface area contributed by atoms with E-state index in [-0.39, 0.29) is 60.2 Å². The van der Waals surface area contributed by atoms with Gasteiger partial charge >= 0.3 is 0 Å². The Morgan fingerprint density at radius 1 is 1.02 bits per heavy atom. The molecule has 3 aliphatic rings. The molecule has 1 aromatic carbocycles. The summed E-state index contributed by atoms with van der Waals surface area (Å²) < 4.78 is 0. The number of ketones is 4. The summed E-state index contributed by atoms with van der Waals surface area (Å²) in [6, 6.07) is 1.87. The summed E-state index contributed by atoms with van der Waals surface area (Å²) in [5, 5.41) is 46.9. The van der Waals surface area contributed by atoms with Crippen molar-refractivity contribution in [3.63, 3.8) is 0 Å². The minimum absolute atomic E-state index is 0.0182. The molecule has 1 aromatic rings. The highest BCUT2D eigenvalue weighted by molar-refractivity contribution is 6.25. The zero-order valence-electron chi connectivity index (χ0n) is 27.4. The number of allylic oxidation sites excluding steroid dienone is 2. The van der Waals surface area contributed by atoms with E-state index in [0.29, 0.717) is 17.5 Å². The van der Waals surface area contributed by atoms with Gasteiger partial charge in [-0.05, 0) is 61.1 Å². The lowest BCUT2D eigenvalue weighted by molar-refractivity contribution is -0.171. The maximum Gasteiger partial charge on any atom is 0.209 e. The van der Waals surface area contributed by atoms with Gasteiger partial charge in [-0.15, -0.1) is 0 Å². The molecule has 4 N–H and O–H groups in total. The molecule has 240 valence electrons. The number of aryl methyl sites for hydroxylation is 1. The Labute approximate surface area is 260 Å². The van der Waals surface area contributed by atoms with Crippen LogP contribution in [0.3, 0.4) is 0 Å². The molecule has 4 rings (SSSR count). The molecule has 8 heteroatoms. The van der Waals surface area contributed by atoms with Crippen molar-refractivity contribution in [2.75, 3.05) is 0 Å². The standard InChI is InChI=1S/C36H48O8/c1-9-10-11-12-22(38)14-13-21-15-23(18(2)3)24-16-34(7)17-35(8)27(19(4)5)30(40)25(20(6)37)32(42)36(35,44)33(43)28(34)31(41)26(24)29(21)39/h15,18-19,27,39-40,43-44H,9-14,16-17H2,1-8H3/t27?,34-,35-,36+/m1/s1. The molecule has 8 nitrogen and oxygen atoms in total. The van der Waals surface area contributed by atoms with Crippen molar-refractivity contribution in [3.8, 4) is 5.75 Å². The number of carbonyl (C=O) groups is 4. The van der Waals surface area contributed by atoms with E-state index in [1.807, 2.05) is 33.8 Å². The molecule has 0 amide bonds. The monoisotopic (exact) mass is 608 g/mol. The molecule has 0 radical (unpaired) electrons. The van der Waals surface area contributed by atoms with E-state index in [1.54, 1.807) is 13.8 Å². The maximum atomic E-state index is 14.5. The number of fused-ring (bicyclic) bond motifs is 3. The number of aliphatic hydroxyl groups is 3. The predicted molar refractivity (Wildman–Crippen MR) is 167 cm³/mol. The van der Waals surface area contributed by atoms with Crippen LogP contribution in [-0.4, -0.2) is 49.2 Å². The van der Waals surface area contributed by atoms with Crippen molar-refractivity contribution in [2.45, 2.75) is 118 Å². The summed E-state index contributed by atoms with van der Waals surface area (Å²) in [6.45, 7) is 14.2. The summed E-state index contributed by atoms with van der Waals surface area (Å²) in [5.74, 6) is -5.18. The van der Waals surface area contributed by atoms with Crippen LogP contribution in [-0.2, 0) is 27.2 Å². The van der Waals surface area contributed by atoms with Gasteiger partial charge in [0.2, 0.25) is 5.78 Å². The number of rotatable bonds is 10. The number of aromatic hydroxyl groups is 1. The quantitative estimate of drug-likeness (QED) is 0.173. The number of Topliss-reactive ketones (excluding diaryl/α,β-unsaturated/α-hetero) is 4. The van der Waals surface area contributed by atoms with Crippen LogP contribution >= 0.6 is 0 Å². The highest BCUT2D eigenvalue weighted by Crippen LogP contribution is 2.65. The summed E-state index contributed by atoms with van der Waals surface area (Å²) >= 11 is 0. The lowest BCUT2D eigenvalue weighted by Crippen LogP contribution is -2.67. The first-order valence-corrected chi connectivity index (χ1v) is 16.0. The summed E-state index contributed by atoms with van der Waals surface area (Å²) in [7, 11) is 0. The Balaban J connectivity index is 1.92. The van der Waals surface area contributed by atoms with Crippen molar-refractivity contribution in [1.29, 1.82) is 0 Å². The van der Waals surface area contributed by atoms with Crippen LogP contribution in [0, 0.1) is 22.7 Å². The van der Waals surface area contributed by atoms with Crippen LogP contribution < -0.4 is 0 Å². The molecule has 0 saturated heterocycles. The maximum absolute atomic E-state index is 14.5. The molecule has 0 bridgehead atoms. The SMILES string of the molecule is CCCCCC(=O)CCc1cc(C(C)C)c2c(c1O)C(=O)C1=C(O)[C@@]3(O)C(=O)C(C(C)=O)=C(O)C(C(C)C)[C@@]3(C)C[C@@]1(C)C2. The second kappa shape index (κ2) is 11.6. The van der Waals surface area contributed by atoms with Gasteiger partial charge in [0, 0.05) is 35.2 Å². The van der Waals surface area contributed by atoms with Gasteiger partial charge in [0.15, 0.2) is 17.2 Å². The second-order valence-corrected chi connectivity index (χ2v) is 14.4. The van der Waals surface area contributed by atoms with E-state index in [0.717, 1.165) is 31.7 Å². The zero-order chi connectivity index (χ0) is 33.1. The molecule has 3 aliphatic carbocycles. The van der Waals surface area contributed by atoms with Gasteiger partial charge < -0.3 is 20.4 Å². The molecule has 0 heterocycles. The Morgan fingerprint density at radius 3 is 2.20 bits per heavy atom. The molecule has 4 atom stereocenters. The average molecular weight is 609 g/mol. The van der Waals surface area contributed by atoms with E-state index in [1.165, 1.54) is 0 Å². The fourth-order valence-electron chi connectivity index (χ4n) is 8.56. The van der Waals surface area contributed by atoms with Crippen LogP contribution in [0.5, 0.6) is 5.75 Å². The number of hydrogen-bond donors (Lipinski definition) is 4. The molecule has 0 aromatic heterocycles. The number of aliphatic hydroxyl groups excluding tert-OH is 2. The minimum atomic E-state index is -2.64. The van der Waals surface area contributed by atoms with Crippen LogP contribution in [0.25, 0.3) is 0 Å². The van der Waals surface area contributed by atoms with Crippen molar-refractivity contribution in [2.24, 2.45) is 22.7 Å². The number of unbranched alkanes of at least 4 members (excludes halogenated alkanes) is 2. The molecular formula is C36H48O8. The third-order valence-electron chi connectivity index (χ3n) is 10.5. The Morgan fingerprint density at radius 2 is 1.66 bits per heavy atom. The van der Waals surface area contributed by atoms with Gasteiger partial charge in [-0.3, -0.25) is 19.2 Å². The van der Waals surface area contributed by atoms with E-state index >= 15 is 0 Å². The number of phenols is 1. The fraction of sp³-hybridized carbons (Fsp3) is 0.611. The summed E-state index contributed by atoms with van der Waals surface area (Å²) in [6.07, 6.45) is 4.01. The number of carbonyl (C=O) groups excluding carboxylic acids is 4. The predicted octanol–water partition coefficient (Wildman–Crippen LogP) is 6.55. The molecule has 0 aliphatic heterocycles. The summed E-state index contributed by atoms with van der Waals surface area (Å²) in [5.41, 5.74) is -3.92. The number of hydrogen-bond acceptors (Lipinski definition) is 8. The highest BCUT2D eigenvalue weighted by Gasteiger charge is 2.71. The first-order valence-electron chi connectivity index (χ1n) is 16.0. The second-order valence-electron chi connectivity index (χ2n) is 14.4. The largest absolute Gasteiger partial charge is 0.511 e. The molecule has 0 spiro atoms. The van der Waals surface area contributed by atoms with Gasteiger partial charge in [0.05, 0.1) is 5.56 Å². The van der Waals surface area contributed by atoms with Gasteiger partial charge in [-0.1, -0.05) is 67.4 Å². The Hall–Kier alpha value is -3.26. The smallest absolute Gasteiger partial charge is 0.209 e. The van der Waals surface area contributed by atoms with E-state index in [4.69, 9.17) is 0 Å². The van der Waals surface area contributed by atoms with E-state index in [2.05, 4.69) is 6.92 Å². The first-order chi connectivity index (χ1) is 20.4. The average Bonchev–Trinajstić information content (AvgIpc) is 2.89. The number of benzene rings is 1. The topological polar surface area (TPSA) is 149 Å². The van der Waals surface area contributed by atoms with Crippen molar-refractivity contribution >= 4 is 23.1 Å². The highest BCUT2D eigenvalue weighted by atomic mass is 16.3. The Bertz CT molecular complexity index is 1490. The molecule has 44 heavy (non-hydrogen) atoms. The fourth-order valence-corrected chi connectivity index (χ4v) is 8.56. The van der Waals surface area contributed by atoms with Crippen LogP contribution in [0.15, 0.2) is 28.7 Å². The van der Waals surface area contributed by atoms with Crippen molar-refractivity contribution in [1.82, 2.24) is 0 Å². The van der Waals surface area contributed by atoms with Crippen LogP contribution in [0.2, 0.25) is 0 Å². The lowest BCUT2D eigenvalue weighted by atomic mass is 9.44. The van der Waals surface area contributed by atoms with Crippen LogP contribution in [0.4, 0.5) is 0 Å². The van der Waals surface area contributed by atoms with Crippen molar-refractivity contribution < 1.29 is 39.6 Å². The van der Waals surface area contributed by atoms with Gasteiger partial charge in [-0.25, -0.2) is 0 Å². The molecule has 0 fully saturated rings. The van der Waals surface area contributed by atoms with Crippen molar-refractivity contribution in [3.05, 3.63) is 51.0 Å². The van der Waals surface area contributed by atoms with Crippen LogP contribution in [0.1, 0.15) is 127 Å². The zero-order valence-corrected chi connectivity index (χ0v) is 27.4. The first kappa shape index (κ1) is 33.6. The molecule has 0 saturated carbocycles. The molecular weight excluding hydrogens is 560 g/mol. The van der Waals surface area contributed by atoms with Gasteiger partial charge in [0.1, 0.15) is 28.6 Å². The normalized spacial score (nSPS) is 28.4. The molecule has 1 unspecified atom stereocenters.